The number of aryl methyl sites for hydroxylation is 1. The second kappa shape index (κ2) is 3.73. The third-order valence-electron chi connectivity index (χ3n) is 3.62. The lowest BCUT2D eigenvalue weighted by atomic mass is 9.86. The minimum absolute atomic E-state index is 0.0243. The fraction of sp³-hybridized carbons (Fsp3) is 0.727. The van der Waals surface area contributed by atoms with Crippen LogP contribution in [-0.4, -0.2) is 35.8 Å². The van der Waals surface area contributed by atoms with E-state index in [0.717, 1.165) is 32.5 Å². The normalized spacial score (nSPS) is 33.0. The van der Waals surface area contributed by atoms with Crippen LogP contribution < -0.4 is 4.74 Å². The van der Waals surface area contributed by atoms with Crippen molar-refractivity contribution in [2.45, 2.75) is 25.9 Å². The topological polar surface area (TPSA) is 38.5 Å². The number of hydrogen-bond donors (Lipinski definition) is 0. The molecule has 1 aromatic heterocycles. The first kappa shape index (κ1) is 10.1. The number of aromatic nitrogens is 1. The Morgan fingerprint density at radius 2 is 2.19 bits per heavy atom. The molecule has 1 unspecified atom stereocenters. The predicted molar refractivity (Wildman–Crippen MR) is 54.8 cm³/mol. The lowest BCUT2D eigenvalue weighted by Crippen LogP contribution is -2.52. The molecule has 3 aliphatic heterocycles. The summed E-state index contributed by atoms with van der Waals surface area (Å²) in [6.07, 6.45) is 2.35. The molecule has 0 N–H and O–H groups in total. The Morgan fingerprint density at radius 1 is 1.44 bits per heavy atom. The molecule has 3 aliphatic rings. The Hall–Kier alpha value is -1.10. The zero-order chi connectivity index (χ0) is 11.1. The summed E-state index contributed by atoms with van der Waals surface area (Å²) < 4.78 is 23.8. The molecule has 16 heavy (non-hydrogen) atoms. The molecule has 3 saturated heterocycles. The van der Waals surface area contributed by atoms with Crippen molar-refractivity contribution in [1.82, 2.24) is 10.1 Å². The molecule has 0 saturated carbocycles. The Bertz CT molecular complexity index is 385. The number of ether oxygens (including phenoxy) is 1. The minimum Gasteiger partial charge on any atom is -0.468 e. The second-order valence-corrected chi connectivity index (χ2v) is 4.65. The quantitative estimate of drug-likeness (QED) is 0.767. The van der Waals surface area contributed by atoms with E-state index in [1.165, 1.54) is 0 Å². The van der Waals surface area contributed by atoms with E-state index >= 15 is 0 Å². The van der Waals surface area contributed by atoms with Crippen LogP contribution in [0.25, 0.3) is 0 Å². The number of hydrogen-bond acceptors (Lipinski definition) is 4. The molecule has 4 nitrogen and oxygen atoms in total. The maximum Gasteiger partial charge on any atom is 0.291 e. The summed E-state index contributed by atoms with van der Waals surface area (Å²) in [5, 5.41) is 3.60. The summed E-state index contributed by atoms with van der Waals surface area (Å²) in [6, 6.07) is 0. The summed E-state index contributed by atoms with van der Waals surface area (Å²) in [6.45, 7) is 4.72. The van der Waals surface area contributed by atoms with Gasteiger partial charge in [-0.3, -0.25) is 4.90 Å². The Balaban J connectivity index is 1.73. The standard InChI is InChI=1S/C11H15FN2O2/c1-7-10(12)11(13-16-7)15-9-6-14-4-2-8(9)3-5-14/h8-9H,2-6H2,1H3. The lowest BCUT2D eigenvalue weighted by molar-refractivity contribution is -0.0129. The number of piperidine rings is 3. The van der Waals surface area contributed by atoms with Gasteiger partial charge in [0, 0.05) is 6.54 Å². The Morgan fingerprint density at radius 3 is 2.69 bits per heavy atom. The van der Waals surface area contributed by atoms with Crippen LogP contribution in [0.15, 0.2) is 4.52 Å². The summed E-state index contributed by atoms with van der Waals surface area (Å²) in [5.41, 5.74) is 0. The molecule has 5 heteroatoms. The highest BCUT2D eigenvalue weighted by Crippen LogP contribution is 2.31. The zero-order valence-corrected chi connectivity index (χ0v) is 9.28. The average molecular weight is 226 g/mol. The van der Waals surface area contributed by atoms with Crippen LogP contribution >= 0.6 is 0 Å². The molecular weight excluding hydrogens is 211 g/mol. The Kier molecular flexibility index (Phi) is 2.35. The molecule has 0 spiro atoms. The number of fused-ring (bicyclic) bond motifs is 3. The van der Waals surface area contributed by atoms with E-state index in [4.69, 9.17) is 9.26 Å². The summed E-state index contributed by atoms with van der Waals surface area (Å²) in [4.78, 5) is 2.36. The van der Waals surface area contributed by atoms with Crippen LogP contribution in [0.3, 0.4) is 0 Å². The van der Waals surface area contributed by atoms with Gasteiger partial charge in [0.15, 0.2) is 5.76 Å². The molecule has 4 rings (SSSR count). The molecule has 3 fully saturated rings. The summed E-state index contributed by atoms with van der Waals surface area (Å²) in [7, 11) is 0. The van der Waals surface area contributed by atoms with Crippen molar-refractivity contribution in [3.63, 3.8) is 0 Å². The lowest BCUT2D eigenvalue weighted by Gasteiger charge is -2.43. The van der Waals surface area contributed by atoms with Crippen LogP contribution in [0.5, 0.6) is 5.88 Å². The monoisotopic (exact) mass is 226 g/mol. The minimum atomic E-state index is -0.462. The molecule has 0 aliphatic carbocycles. The van der Waals surface area contributed by atoms with Crippen molar-refractivity contribution in [2.75, 3.05) is 19.6 Å². The van der Waals surface area contributed by atoms with E-state index in [2.05, 4.69) is 10.1 Å². The van der Waals surface area contributed by atoms with E-state index in [0.29, 0.717) is 5.92 Å². The van der Waals surface area contributed by atoms with Gasteiger partial charge in [0.05, 0.1) is 0 Å². The number of rotatable bonds is 2. The predicted octanol–water partition coefficient (Wildman–Crippen LogP) is 1.60. The van der Waals surface area contributed by atoms with E-state index in [9.17, 15) is 4.39 Å². The van der Waals surface area contributed by atoms with Crippen molar-refractivity contribution in [3.8, 4) is 5.88 Å². The first-order chi connectivity index (χ1) is 7.74. The maximum absolute atomic E-state index is 13.5. The zero-order valence-electron chi connectivity index (χ0n) is 9.28. The summed E-state index contributed by atoms with van der Waals surface area (Å²) >= 11 is 0. The first-order valence-electron chi connectivity index (χ1n) is 5.75. The highest BCUT2D eigenvalue weighted by molar-refractivity contribution is 5.14. The molecule has 0 aromatic carbocycles. The van der Waals surface area contributed by atoms with E-state index in [-0.39, 0.29) is 17.7 Å². The molecule has 0 radical (unpaired) electrons. The van der Waals surface area contributed by atoms with Gasteiger partial charge in [0.2, 0.25) is 5.82 Å². The SMILES string of the molecule is Cc1onc(OC2CN3CCC2CC3)c1F. The average Bonchev–Trinajstić information content (AvgIpc) is 2.63. The highest BCUT2D eigenvalue weighted by Gasteiger charge is 2.36. The van der Waals surface area contributed by atoms with Crippen molar-refractivity contribution in [3.05, 3.63) is 11.6 Å². The number of halogens is 1. The van der Waals surface area contributed by atoms with Crippen molar-refractivity contribution >= 4 is 0 Å². The third-order valence-corrected chi connectivity index (χ3v) is 3.62. The van der Waals surface area contributed by atoms with E-state index in [1.807, 2.05) is 0 Å². The summed E-state index contributed by atoms with van der Waals surface area (Å²) in [5.74, 6) is 0.297. The van der Waals surface area contributed by atoms with Crippen LogP contribution in [0, 0.1) is 18.7 Å². The fourth-order valence-electron chi connectivity index (χ4n) is 2.60. The molecule has 0 amide bonds. The molecule has 88 valence electrons. The van der Waals surface area contributed by atoms with Crippen LogP contribution in [0.1, 0.15) is 18.6 Å². The van der Waals surface area contributed by atoms with Gasteiger partial charge in [-0.25, -0.2) is 0 Å². The smallest absolute Gasteiger partial charge is 0.291 e. The van der Waals surface area contributed by atoms with Crippen molar-refractivity contribution in [1.29, 1.82) is 0 Å². The maximum atomic E-state index is 13.5. The van der Waals surface area contributed by atoms with Crippen LogP contribution in [0.4, 0.5) is 4.39 Å². The Labute approximate surface area is 93.3 Å². The van der Waals surface area contributed by atoms with E-state index < -0.39 is 5.82 Å². The largest absolute Gasteiger partial charge is 0.468 e. The molecule has 1 atom stereocenters. The van der Waals surface area contributed by atoms with Gasteiger partial charge in [-0.1, -0.05) is 0 Å². The van der Waals surface area contributed by atoms with Gasteiger partial charge in [-0.2, -0.15) is 4.39 Å². The molecular formula is C11H15FN2O2. The first-order valence-corrected chi connectivity index (χ1v) is 5.75. The van der Waals surface area contributed by atoms with Gasteiger partial charge in [-0.15, -0.1) is 0 Å². The van der Waals surface area contributed by atoms with Gasteiger partial charge in [-0.05, 0) is 43.9 Å². The highest BCUT2D eigenvalue weighted by atomic mass is 19.1. The second-order valence-electron chi connectivity index (χ2n) is 4.65. The van der Waals surface area contributed by atoms with Gasteiger partial charge >= 0.3 is 0 Å². The third kappa shape index (κ3) is 1.59. The van der Waals surface area contributed by atoms with Gasteiger partial charge < -0.3 is 9.26 Å². The molecule has 2 bridgehead atoms. The van der Waals surface area contributed by atoms with Crippen molar-refractivity contribution < 1.29 is 13.7 Å². The molecule has 4 heterocycles. The van der Waals surface area contributed by atoms with Gasteiger partial charge in [0.25, 0.3) is 5.88 Å². The number of nitrogens with zero attached hydrogens (tertiary/aromatic N) is 2. The van der Waals surface area contributed by atoms with E-state index in [1.54, 1.807) is 6.92 Å². The van der Waals surface area contributed by atoms with Crippen LogP contribution in [-0.2, 0) is 0 Å². The van der Waals surface area contributed by atoms with Crippen molar-refractivity contribution in [2.24, 2.45) is 5.92 Å². The van der Waals surface area contributed by atoms with Gasteiger partial charge in [0.1, 0.15) is 6.10 Å². The molecule has 1 aromatic rings. The van der Waals surface area contributed by atoms with Crippen LogP contribution in [0.2, 0.25) is 0 Å². The fourth-order valence-corrected chi connectivity index (χ4v) is 2.60.